The van der Waals surface area contributed by atoms with Crippen LogP contribution in [0.15, 0.2) is 61.2 Å². The van der Waals surface area contributed by atoms with E-state index in [2.05, 4.69) is 21.1 Å². The summed E-state index contributed by atoms with van der Waals surface area (Å²) in [5.74, 6) is -2.76. The molecule has 4 rings (SSSR count). The molecule has 29 heavy (non-hydrogen) atoms. The molecular weight excluding hydrogens is 387 g/mol. The first kappa shape index (κ1) is 19.6. The standard InChI is InChI=1S/C17H11N5.C2HF3O2/c18-9-12-1-3-14(4-2-12)22-11-13(10-21-22)15-5-7-19-17-16(15)6-8-20-17;3-2(4,5)1(6)7/h1-8,10-11H,(H,19,20);(H,6,7). The molecule has 2 N–H and O–H groups in total. The van der Waals surface area contributed by atoms with E-state index in [-0.39, 0.29) is 0 Å². The Kier molecular flexibility index (Phi) is 5.32. The normalized spacial score (nSPS) is 10.8. The molecule has 0 unspecified atom stereocenters. The maximum absolute atomic E-state index is 10.6. The van der Waals surface area contributed by atoms with Gasteiger partial charge in [0.25, 0.3) is 0 Å². The molecule has 0 radical (unpaired) electrons. The molecule has 0 amide bonds. The topological polar surface area (TPSA) is 108 Å². The Labute approximate surface area is 161 Å². The van der Waals surface area contributed by atoms with Gasteiger partial charge in [-0.15, -0.1) is 0 Å². The zero-order chi connectivity index (χ0) is 21.0. The maximum Gasteiger partial charge on any atom is 0.490 e. The number of carboxylic acids is 1. The van der Waals surface area contributed by atoms with Crippen LogP contribution >= 0.6 is 0 Å². The molecule has 4 aromatic rings. The predicted octanol–water partition coefficient (Wildman–Crippen LogP) is 3.92. The molecule has 0 aliphatic rings. The number of pyridine rings is 1. The minimum Gasteiger partial charge on any atom is -0.475 e. The highest BCUT2D eigenvalue weighted by Gasteiger charge is 2.38. The summed E-state index contributed by atoms with van der Waals surface area (Å²) in [6, 6.07) is 13.4. The smallest absolute Gasteiger partial charge is 0.475 e. The zero-order valence-electron chi connectivity index (χ0n) is 14.6. The number of H-pyrrole nitrogens is 1. The summed E-state index contributed by atoms with van der Waals surface area (Å²) in [7, 11) is 0. The van der Waals surface area contributed by atoms with Gasteiger partial charge in [0, 0.05) is 29.5 Å². The number of fused-ring (bicyclic) bond motifs is 1. The highest BCUT2D eigenvalue weighted by atomic mass is 19.4. The molecule has 0 aliphatic carbocycles. The van der Waals surface area contributed by atoms with Gasteiger partial charge in [-0.05, 0) is 42.0 Å². The number of carbonyl (C=O) groups is 1. The van der Waals surface area contributed by atoms with Crippen molar-refractivity contribution in [1.82, 2.24) is 19.7 Å². The minimum atomic E-state index is -5.08. The second-order valence-electron chi connectivity index (χ2n) is 5.73. The van der Waals surface area contributed by atoms with Gasteiger partial charge >= 0.3 is 12.1 Å². The Morgan fingerprint density at radius 3 is 2.48 bits per heavy atom. The Morgan fingerprint density at radius 1 is 1.17 bits per heavy atom. The van der Waals surface area contributed by atoms with Gasteiger partial charge in [-0.1, -0.05) is 0 Å². The number of benzene rings is 1. The van der Waals surface area contributed by atoms with E-state index in [0.29, 0.717) is 5.56 Å². The molecule has 0 spiro atoms. The van der Waals surface area contributed by atoms with E-state index in [1.165, 1.54) is 0 Å². The fraction of sp³-hybridized carbons (Fsp3) is 0.0526. The van der Waals surface area contributed by atoms with Crippen LogP contribution in [0.1, 0.15) is 5.56 Å². The van der Waals surface area contributed by atoms with Gasteiger partial charge in [-0.25, -0.2) is 14.5 Å². The molecule has 0 atom stereocenters. The summed E-state index contributed by atoms with van der Waals surface area (Å²) in [4.78, 5) is 16.3. The van der Waals surface area contributed by atoms with Crippen LogP contribution in [0.3, 0.4) is 0 Å². The number of nitrogens with zero attached hydrogens (tertiary/aromatic N) is 4. The van der Waals surface area contributed by atoms with Crippen molar-refractivity contribution in [2.24, 2.45) is 0 Å². The van der Waals surface area contributed by atoms with Crippen molar-refractivity contribution in [1.29, 1.82) is 5.26 Å². The van der Waals surface area contributed by atoms with Crippen molar-refractivity contribution in [3.8, 4) is 22.9 Å². The van der Waals surface area contributed by atoms with Gasteiger partial charge < -0.3 is 10.1 Å². The molecule has 3 aromatic heterocycles. The molecule has 3 heterocycles. The number of hydrogen-bond donors (Lipinski definition) is 2. The van der Waals surface area contributed by atoms with Gasteiger partial charge in [-0.3, -0.25) is 0 Å². The lowest BCUT2D eigenvalue weighted by Crippen LogP contribution is -2.21. The van der Waals surface area contributed by atoms with Crippen LogP contribution in [0.25, 0.3) is 27.8 Å². The molecule has 7 nitrogen and oxygen atoms in total. The number of nitrogens with one attached hydrogen (secondary N) is 1. The molecule has 0 bridgehead atoms. The first-order valence-electron chi connectivity index (χ1n) is 8.07. The van der Waals surface area contributed by atoms with Crippen LogP contribution in [0.2, 0.25) is 0 Å². The van der Waals surface area contributed by atoms with Crippen LogP contribution in [-0.2, 0) is 4.79 Å². The van der Waals surface area contributed by atoms with Crippen molar-refractivity contribution in [3.63, 3.8) is 0 Å². The molecule has 10 heteroatoms. The number of rotatable bonds is 2. The second kappa shape index (κ2) is 7.85. The van der Waals surface area contributed by atoms with Crippen LogP contribution in [0, 0.1) is 11.3 Å². The third-order valence-corrected chi connectivity index (χ3v) is 3.86. The van der Waals surface area contributed by atoms with E-state index in [4.69, 9.17) is 15.2 Å². The SMILES string of the molecule is N#Cc1ccc(-n2cc(-c3ccnc4[nH]ccc34)cn2)cc1.O=C(O)C(F)(F)F. The van der Waals surface area contributed by atoms with E-state index >= 15 is 0 Å². The fourth-order valence-corrected chi connectivity index (χ4v) is 2.50. The third kappa shape index (κ3) is 4.41. The van der Waals surface area contributed by atoms with Crippen molar-refractivity contribution in [2.45, 2.75) is 6.18 Å². The highest BCUT2D eigenvalue weighted by Crippen LogP contribution is 2.27. The average molecular weight is 399 g/mol. The minimum absolute atomic E-state index is 0.638. The van der Waals surface area contributed by atoms with E-state index in [9.17, 15) is 13.2 Å². The fourth-order valence-electron chi connectivity index (χ4n) is 2.50. The molecule has 0 saturated carbocycles. The molecule has 0 fully saturated rings. The van der Waals surface area contributed by atoms with Crippen LogP contribution in [0.5, 0.6) is 0 Å². The number of carboxylic acid groups (broad SMARTS) is 1. The largest absolute Gasteiger partial charge is 0.490 e. The summed E-state index contributed by atoms with van der Waals surface area (Å²) in [5.41, 5.74) is 4.54. The monoisotopic (exact) mass is 399 g/mol. The van der Waals surface area contributed by atoms with E-state index < -0.39 is 12.1 Å². The maximum atomic E-state index is 10.6. The Bertz CT molecular complexity index is 1190. The first-order chi connectivity index (χ1) is 13.8. The van der Waals surface area contributed by atoms with Crippen molar-refractivity contribution in [2.75, 3.05) is 0 Å². The Hall–Kier alpha value is -4.13. The van der Waals surface area contributed by atoms with E-state index in [1.807, 2.05) is 42.9 Å². The first-order valence-corrected chi connectivity index (χ1v) is 8.07. The van der Waals surface area contributed by atoms with Gasteiger partial charge in [0.2, 0.25) is 0 Å². The lowest BCUT2D eigenvalue weighted by atomic mass is 10.1. The summed E-state index contributed by atoms with van der Waals surface area (Å²) < 4.78 is 33.5. The summed E-state index contributed by atoms with van der Waals surface area (Å²) in [6.45, 7) is 0. The van der Waals surface area contributed by atoms with Gasteiger partial charge in [0.15, 0.2) is 0 Å². The van der Waals surface area contributed by atoms with E-state index in [0.717, 1.165) is 27.8 Å². The number of nitriles is 1. The quantitative estimate of drug-likeness (QED) is 0.531. The van der Waals surface area contributed by atoms with Gasteiger partial charge in [-0.2, -0.15) is 23.5 Å². The van der Waals surface area contributed by atoms with Gasteiger partial charge in [0.05, 0.1) is 23.5 Å². The Balaban J connectivity index is 0.000000298. The predicted molar refractivity (Wildman–Crippen MR) is 97.1 cm³/mol. The lowest BCUT2D eigenvalue weighted by molar-refractivity contribution is -0.192. The second-order valence-corrected chi connectivity index (χ2v) is 5.73. The third-order valence-electron chi connectivity index (χ3n) is 3.86. The highest BCUT2D eigenvalue weighted by molar-refractivity contribution is 5.92. The van der Waals surface area contributed by atoms with Crippen molar-refractivity contribution < 1.29 is 23.1 Å². The molecule has 1 aromatic carbocycles. The summed E-state index contributed by atoms with van der Waals surface area (Å²) in [5, 5.41) is 21.5. The Morgan fingerprint density at radius 2 is 1.86 bits per heavy atom. The number of alkyl halides is 3. The van der Waals surface area contributed by atoms with E-state index in [1.54, 1.807) is 23.0 Å². The summed E-state index contributed by atoms with van der Waals surface area (Å²) >= 11 is 0. The zero-order valence-corrected chi connectivity index (χ0v) is 14.6. The van der Waals surface area contributed by atoms with Gasteiger partial charge in [0.1, 0.15) is 5.65 Å². The van der Waals surface area contributed by atoms with Crippen molar-refractivity contribution >= 4 is 17.0 Å². The number of aromatic nitrogens is 4. The van der Waals surface area contributed by atoms with Crippen LogP contribution in [0.4, 0.5) is 13.2 Å². The van der Waals surface area contributed by atoms with Crippen LogP contribution < -0.4 is 0 Å². The average Bonchev–Trinajstić information content (AvgIpc) is 3.37. The van der Waals surface area contributed by atoms with Crippen LogP contribution in [-0.4, -0.2) is 37.0 Å². The molecule has 0 saturated heterocycles. The van der Waals surface area contributed by atoms with Crippen molar-refractivity contribution in [3.05, 3.63) is 66.7 Å². The number of halogens is 3. The lowest BCUT2D eigenvalue weighted by Gasteiger charge is -2.01. The molecule has 146 valence electrons. The molecular formula is C19H12F3N5O2. The number of aromatic amines is 1. The summed E-state index contributed by atoms with van der Waals surface area (Å²) in [6.07, 6.45) is 2.39. The number of aliphatic carboxylic acids is 1. The number of hydrogen-bond acceptors (Lipinski definition) is 4. The molecule has 0 aliphatic heterocycles.